The molecule has 0 aliphatic rings. The number of hydrogen-bond donors (Lipinski definition) is 1. The molecule has 2 heteroatoms. The molecule has 0 unspecified atom stereocenters. The van der Waals surface area contributed by atoms with Crippen molar-refractivity contribution < 1.29 is 4.74 Å². The molecule has 0 rings (SSSR count). The van der Waals surface area contributed by atoms with Crippen LogP contribution in [0.1, 0.15) is 13.3 Å². The zero-order chi connectivity index (χ0) is 6.24. The molecule has 0 heterocycles. The second-order valence-electron chi connectivity index (χ2n) is 1.70. The summed E-state index contributed by atoms with van der Waals surface area (Å²) in [5.41, 5.74) is 0. The highest BCUT2D eigenvalue weighted by Crippen LogP contribution is 1.74. The minimum Gasteiger partial charge on any atom is -0.385 e. The smallest absolute Gasteiger partial charge is 0.0474 e. The first-order valence-corrected chi connectivity index (χ1v) is 3.11. The van der Waals surface area contributed by atoms with E-state index >= 15 is 0 Å². The average Bonchev–Trinajstić information content (AvgIpc) is 1.81. The van der Waals surface area contributed by atoms with Gasteiger partial charge in [-0.2, -0.15) is 0 Å². The van der Waals surface area contributed by atoms with E-state index in [1.807, 2.05) is 0 Å². The van der Waals surface area contributed by atoms with Crippen molar-refractivity contribution >= 4 is 0 Å². The molecule has 8 heavy (non-hydrogen) atoms. The maximum Gasteiger partial charge on any atom is 0.0474 e. The van der Waals surface area contributed by atoms with Crippen LogP contribution in [0.3, 0.4) is 0 Å². The average molecular weight is 117 g/mol. The van der Waals surface area contributed by atoms with Gasteiger partial charge in [0.05, 0.1) is 0 Å². The van der Waals surface area contributed by atoms with Crippen LogP contribution < -0.4 is 5.32 Å². The Morgan fingerprint density at radius 3 is 2.75 bits per heavy atom. The molecule has 0 saturated heterocycles. The minimum absolute atomic E-state index is 0.868. The maximum atomic E-state index is 4.85. The zero-order valence-corrected chi connectivity index (χ0v) is 5.74. The van der Waals surface area contributed by atoms with Gasteiger partial charge in [0.2, 0.25) is 0 Å². The van der Waals surface area contributed by atoms with E-state index in [4.69, 9.17) is 4.74 Å². The van der Waals surface area contributed by atoms with Crippen molar-refractivity contribution in [2.24, 2.45) is 0 Å². The molecule has 0 aliphatic heterocycles. The summed E-state index contributed by atoms with van der Waals surface area (Å²) in [6.45, 7) is 5.11. The largest absolute Gasteiger partial charge is 0.385 e. The predicted octanol–water partition coefficient (Wildman–Crippen LogP) is 0.632. The maximum absolute atomic E-state index is 4.85. The lowest BCUT2D eigenvalue weighted by atomic mass is 10.4. The minimum atomic E-state index is 0.868. The lowest BCUT2D eigenvalue weighted by Crippen LogP contribution is -2.15. The third-order valence-electron chi connectivity index (χ3n) is 0.952. The zero-order valence-electron chi connectivity index (χ0n) is 5.74. The Morgan fingerprint density at radius 2 is 2.25 bits per heavy atom. The van der Waals surface area contributed by atoms with Crippen molar-refractivity contribution in [1.82, 2.24) is 5.32 Å². The van der Waals surface area contributed by atoms with Gasteiger partial charge in [0.1, 0.15) is 0 Å². The number of ether oxygens (including phenoxy) is 1. The number of hydrogen-bond acceptors (Lipinski definition) is 2. The molecular formula is C6H15NO. The van der Waals surface area contributed by atoms with Gasteiger partial charge in [0.15, 0.2) is 0 Å². The first-order chi connectivity index (χ1) is 3.91. The first-order valence-electron chi connectivity index (χ1n) is 3.11. The molecule has 0 fully saturated rings. The SMILES string of the molecule is CCNCCCOC. The van der Waals surface area contributed by atoms with Crippen LogP contribution >= 0.6 is 0 Å². The van der Waals surface area contributed by atoms with E-state index in [0.717, 1.165) is 26.1 Å². The summed E-state index contributed by atoms with van der Waals surface area (Å²) in [7, 11) is 1.73. The first kappa shape index (κ1) is 7.92. The molecular weight excluding hydrogens is 102 g/mol. The summed E-state index contributed by atoms with van der Waals surface area (Å²) in [6.07, 6.45) is 1.12. The number of rotatable bonds is 5. The van der Waals surface area contributed by atoms with E-state index in [1.54, 1.807) is 7.11 Å². The normalized spacial score (nSPS) is 9.75. The van der Waals surface area contributed by atoms with E-state index in [9.17, 15) is 0 Å². The van der Waals surface area contributed by atoms with E-state index in [-0.39, 0.29) is 0 Å². The van der Waals surface area contributed by atoms with Crippen LogP contribution in [0, 0.1) is 0 Å². The van der Waals surface area contributed by atoms with Crippen molar-refractivity contribution in [1.29, 1.82) is 0 Å². The fourth-order valence-corrected chi connectivity index (χ4v) is 0.518. The van der Waals surface area contributed by atoms with Gasteiger partial charge in [0.25, 0.3) is 0 Å². The Kier molecular flexibility index (Phi) is 6.85. The summed E-state index contributed by atoms with van der Waals surface area (Å²) in [5.74, 6) is 0. The van der Waals surface area contributed by atoms with Gasteiger partial charge in [-0.3, -0.25) is 0 Å². The van der Waals surface area contributed by atoms with Gasteiger partial charge < -0.3 is 10.1 Å². The number of nitrogens with one attached hydrogen (secondary N) is 1. The van der Waals surface area contributed by atoms with Gasteiger partial charge >= 0.3 is 0 Å². The second-order valence-corrected chi connectivity index (χ2v) is 1.70. The van der Waals surface area contributed by atoms with Crippen LogP contribution in [0.4, 0.5) is 0 Å². The third kappa shape index (κ3) is 5.92. The van der Waals surface area contributed by atoms with E-state index in [0.29, 0.717) is 0 Å². The van der Waals surface area contributed by atoms with Crippen molar-refractivity contribution in [2.45, 2.75) is 13.3 Å². The standard InChI is InChI=1S/C6H15NO/c1-3-7-5-4-6-8-2/h7H,3-6H2,1-2H3. The summed E-state index contributed by atoms with van der Waals surface area (Å²) in [5, 5.41) is 3.20. The van der Waals surface area contributed by atoms with Crippen LogP contribution in [0.25, 0.3) is 0 Å². The molecule has 0 saturated carbocycles. The molecule has 0 aromatic rings. The molecule has 0 amide bonds. The Hall–Kier alpha value is -0.0800. The summed E-state index contributed by atoms with van der Waals surface area (Å²) >= 11 is 0. The van der Waals surface area contributed by atoms with E-state index < -0.39 is 0 Å². The molecule has 0 radical (unpaired) electrons. The van der Waals surface area contributed by atoms with Crippen molar-refractivity contribution in [3.63, 3.8) is 0 Å². The van der Waals surface area contributed by atoms with Crippen molar-refractivity contribution in [2.75, 3.05) is 26.8 Å². The molecule has 0 bridgehead atoms. The van der Waals surface area contributed by atoms with E-state index in [2.05, 4.69) is 12.2 Å². The monoisotopic (exact) mass is 117 g/mol. The van der Waals surface area contributed by atoms with Crippen LogP contribution in [0.5, 0.6) is 0 Å². The second kappa shape index (κ2) is 6.92. The Bertz CT molecular complexity index is 33.5. The van der Waals surface area contributed by atoms with Crippen LogP contribution in [0.2, 0.25) is 0 Å². The Morgan fingerprint density at radius 1 is 1.50 bits per heavy atom. The van der Waals surface area contributed by atoms with E-state index in [1.165, 1.54) is 0 Å². The van der Waals surface area contributed by atoms with Gasteiger partial charge in [0, 0.05) is 13.7 Å². The van der Waals surface area contributed by atoms with Crippen molar-refractivity contribution in [3.8, 4) is 0 Å². The van der Waals surface area contributed by atoms with Crippen LogP contribution in [-0.2, 0) is 4.74 Å². The highest BCUT2D eigenvalue weighted by Gasteiger charge is 1.81. The third-order valence-corrected chi connectivity index (χ3v) is 0.952. The molecule has 0 aliphatic carbocycles. The summed E-state index contributed by atoms with van der Waals surface area (Å²) < 4.78 is 4.85. The lowest BCUT2D eigenvalue weighted by molar-refractivity contribution is 0.194. The summed E-state index contributed by atoms with van der Waals surface area (Å²) in [4.78, 5) is 0. The molecule has 0 aromatic heterocycles. The van der Waals surface area contributed by atoms with Crippen LogP contribution in [-0.4, -0.2) is 26.8 Å². The van der Waals surface area contributed by atoms with Crippen LogP contribution in [0.15, 0.2) is 0 Å². The predicted molar refractivity (Wildman–Crippen MR) is 35.0 cm³/mol. The van der Waals surface area contributed by atoms with Gasteiger partial charge in [-0.1, -0.05) is 6.92 Å². The highest BCUT2D eigenvalue weighted by atomic mass is 16.5. The molecule has 50 valence electrons. The number of methoxy groups -OCH3 is 1. The Labute approximate surface area is 51.2 Å². The quantitative estimate of drug-likeness (QED) is 0.533. The topological polar surface area (TPSA) is 21.3 Å². The lowest BCUT2D eigenvalue weighted by Gasteiger charge is -1.98. The molecule has 2 nitrogen and oxygen atoms in total. The molecule has 0 aromatic carbocycles. The fraction of sp³-hybridized carbons (Fsp3) is 1.00. The van der Waals surface area contributed by atoms with Gasteiger partial charge in [-0.15, -0.1) is 0 Å². The fourth-order valence-electron chi connectivity index (χ4n) is 0.518. The summed E-state index contributed by atoms with van der Waals surface area (Å²) in [6, 6.07) is 0. The van der Waals surface area contributed by atoms with Crippen molar-refractivity contribution in [3.05, 3.63) is 0 Å². The molecule has 1 N–H and O–H groups in total. The Balaban J connectivity index is 2.53. The molecule has 0 atom stereocenters. The van der Waals surface area contributed by atoms with Gasteiger partial charge in [-0.05, 0) is 19.5 Å². The van der Waals surface area contributed by atoms with Gasteiger partial charge in [-0.25, -0.2) is 0 Å². The highest BCUT2D eigenvalue weighted by molar-refractivity contribution is 4.40. The molecule has 0 spiro atoms.